The van der Waals surface area contributed by atoms with Crippen molar-refractivity contribution in [2.75, 3.05) is 32.8 Å². The Kier molecular flexibility index (Phi) is 5.38. The van der Waals surface area contributed by atoms with Crippen molar-refractivity contribution < 1.29 is 18.7 Å². The van der Waals surface area contributed by atoms with Gasteiger partial charge in [-0.15, -0.1) is 0 Å². The van der Waals surface area contributed by atoms with Crippen LogP contribution in [-0.4, -0.2) is 64.4 Å². The van der Waals surface area contributed by atoms with E-state index in [1.165, 1.54) is 0 Å². The van der Waals surface area contributed by atoms with Gasteiger partial charge < -0.3 is 19.0 Å². The fraction of sp³-hybridized carbons (Fsp3) is 0.417. The van der Waals surface area contributed by atoms with Gasteiger partial charge in [0.05, 0.1) is 30.5 Å². The first-order valence-corrected chi connectivity index (χ1v) is 11.0. The molecule has 0 spiro atoms. The van der Waals surface area contributed by atoms with Crippen molar-refractivity contribution in [1.82, 2.24) is 19.8 Å². The molecule has 2 saturated heterocycles. The van der Waals surface area contributed by atoms with E-state index in [9.17, 15) is 9.59 Å². The van der Waals surface area contributed by atoms with Gasteiger partial charge in [-0.2, -0.15) is 0 Å². The number of fused-ring (bicyclic) bond motifs is 1. The number of benzene rings is 1. The Balaban J connectivity index is 1.40. The van der Waals surface area contributed by atoms with Crippen LogP contribution in [0.4, 0.5) is 0 Å². The van der Waals surface area contributed by atoms with Crippen LogP contribution >= 0.6 is 0 Å². The molecule has 0 unspecified atom stereocenters. The minimum absolute atomic E-state index is 0.0744. The number of nitrogens with zero attached hydrogens (tertiary/aromatic N) is 4. The maximum atomic E-state index is 13.4. The molecule has 2 fully saturated rings. The second-order valence-electron chi connectivity index (χ2n) is 8.34. The molecule has 3 aromatic rings. The predicted molar refractivity (Wildman–Crippen MR) is 117 cm³/mol. The van der Waals surface area contributed by atoms with Crippen molar-refractivity contribution in [1.29, 1.82) is 0 Å². The van der Waals surface area contributed by atoms with Crippen LogP contribution in [0.2, 0.25) is 0 Å². The number of carbonyl (C=O) groups is 2. The largest absolute Gasteiger partial charge is 0.451 e. The molecule has 1 atom stereocenters. The molecule has 0 bridgehead atoms. The van der Waals surface area contributed by atoms with Gasteiger partial charge in [-0.1, -0.05) is 18.2 Å². The molecule has 0 radical (unpaired) electrons. The van der Waals surface area contributed by atoms with Crippen molar-refractivity contribution >= 4 is 22.8 Å². The minimum atomic E-state index is -0.235. The van der Waals surface area contributed by atoms with Crippen LogP contribution in [0.15, 0.2) is 34.9 Å². The number of aromatic nitrogens is 2. The highest BCUT2D eigenvalue weighted by Gasteiger charge is 2.35. The molecular formula is C24H26N4O4. The Bertz CT molecular complexity index is 1180. The van der Waals surface area contributed by atoms with Crippen LogP contribution in [0.25, 0.3) is 11.0 Å². The lowest BCUT2D eigenvalue weighted by Crippen LogP contribution is -2.41. The maximum absolute atomic E-state index is 13.4. The molecule has 0 saturated carbocycles. The number of amides is 2. The molecule has 4 heterocycles. The maximum Gasteiger partial charge on any atom is 0.290 e. The van der Waals surface area contributed by atoms with Crippen LogP contribution in [0.1, 0.15) is 56.9 Å². The Morgan fingerprint density at radius 3 is 2.59 bits per heavy atom. The predicted octanol–water partition coefficient (Wildman–Crippen LogP) is 3.29. The monoisotopic (exact) mass is 434 g/mol. The van der Waals surface area contributed by atoms with Crippen molar-refractivity contribution in [2.24, 2.45) is 0 Å². The number of ether oxygens (including phenoxy) is 1. The topological polar surface area (TPSA) is 88.8 Å². The van der Waals surface area contributed by atoms with Crippen LogP contribution in [-0.2, 0) is 4.74 Å². The number of para-hydroxylation sites is 1. The first-order valence-electron chi connectivity index (χ1n) is 11.0. The number of aryl methyl sites for hydroxylation is 2. The summed E-state index contributed by atoms with van der Waals surface area (Å²) < 4.78 is 11.2. The van der Waals surface area contributed by atoms with E-state index in [1.807, 2.05) is 38.1 Å². The van der Waals surface area contributed by atoms with E-state index < -0.39 is 0 Å². The number of likely N-dealkylation sites (tertiary alicyclic amines) is 1. The van der Waals surface area contributed by atoms with Gasteiger partial charge in [0.1, 0.15) is 5.58 Å². The van der Waals surface area contributed by atoms with Gasteiger partial charge in [-0.25, -0.2) is 9.97 Å². The van der Waals surface area contributed by atoms with E-state index in [4.69, 9.17) is 9.15 Å². The number of hydrogen-bond acceptors (Lipinski definition) is 6. The average Bonchev–Trinajstić information content (AvgIpc) is 3.44. The van der Waals surface area contributed by atoms with Crippen LogP contribution in [0.5, 0.6) is 0 Å². The quantitative estimate of drug-likeness (QED) is 0.629. The molecule has 2 aromatic heterocycles. The molecule has 8 heteroatoms. The molecule has 166 valence electrons. The Hall–Kier alpha value is -3.26. The van der Waals surface area contributed by atoms with E-state index in [1.54, 1.807) is 16.0 Å². The summed E-state index contributed by atoms with van der Waals surface area (Å²) in [6, 6.07) is 7.43. The van der Waals surface area contributed by atoms with Gasteiger partial charge in [0.15, 0.2) is 11.6 Å². The zero-order chi connectivity index (χ0) is 22.2. The van der Waals surface area contributed by atoms with E-state index in [-0.39, 0.29) is 17.9 Å². The summed E-state index contributed by atoms with van der Waals surface area (Å²) in [5.41, 5.74) is 2.69. The average molecular weight is 434 g/mol. The summed E-state index contributed by atoms with van der Waals surface area (Å²) in [7, 11) is 0. The third-order valence-electron chi connectivity index (χ3n) is 6.38. The Morgan fingerprint density at radius 1 is 1.06 bits per heavy atom. The number of hydrogen-bond donors (Lipinski definition) is 0. The molecule has 2 aliphatic heterocycles. The normalized spacial score (nSPS) is 19.0. The fourth-order valence-electron chi connectivity index (χ4n) is 4.58. The molecule has 32 heavy (non-hydrogen) atoms. The molecule has 2 amide bonds. The van der Waals surface area contributed by atoms with E-state index in [0.29, 0.717) is 61.3 Å². The molecule has 0 aliphatic carbocycles. The lowest BCUT2D eigenvalue weighted by atomic mass is 10.1. The third kappa shape index (κ3) is 3.54. The van der Waals surface area contributed by atoms with E-state index in [0.717, 1.165) is 23.8 Å². The van der Waals surface area contributed by atoms with Gasteiger partial charge in [0, 0.05) is 36.8 Å². The van der Waals surface area contributed by atoms with Gasteiger partial charge in [-0.3, -0.25) is 9.59 Å². The summed E-state index contributed by atoms with van der Waals surface area (Å²) in [6.45, 7) is 6.59. The number of furan rings is 1. The molecule has 8 nitrogen and oxygen atoms in total. The highest BCUT2D eigenvalue weighted by Crippen LogP contribution is 2.34. The van der Waals surface area contributed by atoms with Gasteiger partial charge >= 0.3 is 0 Å². The Morgan fingerprint density at radius 2 is 1.84 bits per heavy atom. The molecular weight excluding hydrogens is 408 g/mol. The van der Waals surface area contributed by atoms with Gasteiger partial charge in [0.2, 0.25) is 0 Å². The second kappa shape index (κ2) is 8.35. The number of rotatable bonds is 3. The smallest absolute Gasteiger partial charge is 0.290 e. The van der Waals surface area contributed by atoms with Crippen LogP contribution in [0, 0.1) is 13.8 Å². The standard InChI is InChI=1S/C24H26N4O4/c1-15-17-6-3-4-8-20(17)32-21(15)24(30)28-9-5-7-19(28)22-25-14-18(16(2)26-22)23(29)27-10-12-31-13-11-27/h3-4,6,8,14,19H,5,7,9-13H2,1-2H3/t19-/m0/s1. The molecule has 1 aromatic carbocycles. The summed E-state index contributed by atoms with van der Waals surface area (Å²) >= 11 is 0. The van der Waals surface area contributed by atoms with E-state index >= 15 is 0 Å². The summed E-state index contributed by atoms with van der Waals surface area (Å²) in [5.74, 6) is 0.722. The zero-order valence-electron chi connectivity index (χ0n) is 18.3. The highest BCUT2D eigenvalue weighted by atomic mass is 16.5. The SMILES string of the molecule is Cc1nc([C@@H]2CCCN2C(=O)c2oc3ccccc3c2C)ncc1C(=O)N1CCOCC1. The van der Waals surface area contributed by atoms with Crippen LogP contribution < -0.4 is 0 Å². The van der Waals surface area contributed by atoms with Gasteiger partial charge in [-0.05, 0) is 32.8 Å². The van der Waals surface area contributed by atoms with Crippen molar-refractivity contribution in [3.63, 3.8) is 0 Å². The third-order valence-corrected chi connectivity index (χ3v) is 6.38. The lowest BCUT2D eigenvalue weighted by Gasteiger charge is -2.27. The first-order chi connectivity index (χ1) is 15.5. The minimum Gasteiger partial charge on any atom is -0.451 e. The molecule has 0 N–H and O–H groups in total. The van der Waals surface area contributed by atoms with E-state index in [2.05, 4.69) is 9.97 Å². The second-order valence-corrected chi connectivity index (χ2v) is 8.34. The summed E-state index contributed by atoms with van der Waals surface area (Å²) in [5, 5.41) is 0.949. The van der Waals surface area contributed by atoms with Gasteiger partial charge in [0.25, 0.3) is 11.8 Å². The Labute approximate surface area is 186 Å². The van der Waals surface area contributed by atoms with Crippen molar-refractivity contribution in [3.05, 3.63) is 58.9 Å². The lowest BCUT2D eigenvalue weighted by molar-refractivity contribution is 0.0301. The summed E-state index contributed by atoms with van der Waals surface area (Å²) in [4.78, 5) is 39.0. The number of morpholine rings is 1. The van der Waals surface area contributed by atoms with Crippen molar-refractivity contribution in [3.8, 4) is 0 Å². The van der Waals surface area contributed by atoms with Crippen LogP contribution in [0.3, 0.4) is 0 Å². The zero-order valence-corrected chi connectivity index (χ0v) is 18.3. The first kappa shape index (κ1) is 20.6. The molecule has 5 rings (SSSR count). The molecule has 2 aliphatic rings. The number of carbonyl (C=O) groups excluding carboxylic acids is 2. The van der Waals surface area contributed by atoms with Crippen molar-refractivity contribution in [2.45, 2.75) is 32.7 Å². The summed E-state index contributed by atoms with van der Waals surface area (Å²) in [6.07, 6.45) is 3.25. The fourth-order valence-corrected chi connectivity index (χ4v) is 4.58. The highest BCUT2D eigenvalue weighted by molar-refractivity contribution is 5.99.